The van der Waals surface area contributed by atoms with Crippen LogP contribution in [0.1, 0.15) is 17.5 Å². The molecule has 7 heteroatoms. The van der Waals surface area contributed by atoms with Crippen molar-refractivity contribution in [2.45, 2.75) is 19.3 Å². The zero-order valence-electron chi connectivity index (χ0n) is 19.7. The maximum absolute atomic E-state index is 6.17. The lowest BCUT2D eigenvalue weighted by Crippen LogP contribution is -2.03. The highest BCUT2D eigenvalue weighted by Gasteiger charge is 2.22. The fourth-order valence-electron chi connectivity index (χ4n) is 4.61. The van der Waals surface area contributed by atoms with Crippen LogP contribution in [0.5, 0.6) is 17.2 Å². The molecule has 178 valence electrons. The van der Waals surface area contributed by atoms with E-state index in [0.29, 0.717) is 5.02 Å². The Hall–Kier alpha value is -4.16. The standard InChI is InChI=1S/C29H23ClN4O2/c1-35-22-13-14-25-26(17-22)31-16-15-27(25)36-21-11-9-20(10-12-21)32-29-24-4-2-3-23(24)28(33-34-29)18-5-7-19(30)8-6-18/h5-17H,2-4H2,1H3,(H,32,34). The summed E-state index contributed by atoms with van der Waals surface area (Å²) in [5.41, 5.74) is 6.22. The lowest BCUT2D eigenvalue weighted by atomic mass is 10.0. The van der Waals surface area contributed by atoms with Gasteiger partial charge in [-0.05, 0) is 79.4 Å². The van der Waals surface area contributed by atoms with Crippen molar-refractivity contribution < 1.29 is 9.47 Å². The quantitative estimate of drug-likeness (QED) is 0.265. The highest BCUT2D eigenvalue weighted by atomic mass is 35.5. The van der Waals surface area contributed by atoms with Gasteiger partial charge in [-0.3, -0.25) is 4.98 Å². The van der Waals surface area contributed by atoms with Crippen LogP contribution in [0.25, 0.3) is 22.2 Å². The van der Waals surface area contributed by atoms with Crippen molar-refractivity contribution in [1.29, 1.82) is 0 Å². The minimum Gasteiger partial charge on any atom is -0.497 e. The van der Waals surface area contributed by atoms with Crippen molar-refractivity contribution >= 4 is 34.0 Å². The van der Waals surface area contributed by atoms with E-state index in [1.54, 1.807) is 13.3 Å². The van der Waals surface area contributed by atoms with Crippen LogP contribution in [0.4, 0.5) is 11.5 Å². The van der Waals surface area contributed by atoms with E-state index in [9.17, 15) is 0 Å². The van der Waals surface area contributed by atoms with Crippen LogP contribution in [0.15, 0.2) is 79.0 Å². The number of fused-ring (bicyclic) bond motifs is 2. The molecular weight excluding hydrogens is 472 g/mol. The van der Waals surface area contributed by atoms with E-state index in [1.807, 2.05) is 72.8 Å². The van der Waals surface area contributed by atoms with E-state index in [2.05, 4.69) is 20.5 Å². The summed E-state index contributed by atoms with van der Waals surface area (Å²) in [7, 11) is 1.64. The molecule has 0 atom stereocenters. The van der Waals surface area contributed by atoms with E-state index >= 15 is 0 Å². The molecular formula is C29H23ClN4O2. The number of hydrogen-bond acceptors (Lipinski definition) is 6. The third-order valence-corrected chi connectivity index (χ3v) is 6.66. The topological polar surface area (TPSA) is 69.2 Å². The van der Waals surface area contributed by atoms with Gasteiger partial charge in [0.1, 0.15) is 17.2 Å². The maximum Gasteiger partial charge on any atom is 0.156 e. The first-order valence-electron chi connectivity index (χ1n) is 11.8. The fraction of sp³-hybridized carbons (Fsp3) is 0.138. The van der Waals surface area contributed by atoms with Crippen molar-refractivity contribution in [2.24, 2.45) is 0 Å². The zero-order chi connectivity index (χ0) is 24.5. The minimum atomic E-state index is 0.714. The second-order valence-corrected chi connectivity index (χ2v) is 9.09. The van der Waals surface area contributed by atoms with Gasteiger partial charge in [0.15, 0.2) is 5.82 Å². The molecule has 1 aliphatic rings. The predicted octanol–water partition coefficient (Wildman–Crippen LogP) is 7.38. The molecule has 0 radical (unpaired) electrons. The molecule has 5 aromatic rings. The second-order valence-electron chi connectivity index (χ2n) is 8.66. The number of pyridine rings is 1. The van der Waals surface area contributed by atoms with Crippen molar-refractivity contribution in [3.63, 3.8) is 0 Å². The molecule has 0 bridgehead atoms. The van der Waals surface area contributed by atoms with Gasteiger partial charge in [0.2, 0.25) is 0 Å². The molecule has 2 heterocycles. The van der Waals surface area contributed by atoms with Crippen LogP contribution in [0.2, 0.25) is 5.02 Å². The van der Waals surface area contributed by atoms with E-state index in [1.165, 1.54) is 11.1 Å². The summed E-state index contributed by atoms with van der Waals surface area (Å²) in [6.07, 6.45) is 4.81. The molecule has 0 amide bonds. The summed E-state index contributed by atoms with van der Waals surface area (Å²) in [6.45, 7) is 0. The number of methoxy groups -OCH3 is 1. The molecule has 0 spiro atoms. The minimum absolute atomic E-state index is 0.714. The van der Waals surface area contributed by atoms with Crippen LogP contribution < -0.4 is 14.8 Å². The average Bonchev–Trinajstić information content (AvgIpc) is 3.41. The lowest BCUT2D eigenvalue weighted by Gasteiger charge is -2.14. The number of rotatable bonds is 6. The van der Waals surface area contributed by atoms with Crippen molar-refractivity contribution in [3.8, 4) is 28.5 Å². The van der Waals surface area contributed by atoms with Crippen molar-refractivity contribution in [2.75, 3.05) is 12.4 Å². The van der Waals surface area contributed by atoms with Crippen LogP contribution in [0, 0.1) is 0 Å². The van der Waals surface area contributed by atoms with Crippen LogP contribution >= 0.6 is 11.6 Å². The van der Waals surface area contributed by atoms with Gasteiger partial charge in [-0.2, -0.15) is 0 Å². The van der Waals surface area contributed by atoms with Gasteiger partial charge in [-0.1, -0.05) is 23.7 Å². The smallest absolute Gasteiger partial charge is 0.156 e. The number of hydrogen-bond donors (Lipinski definition) is 1. The summed E-state index contributed by atoms with van der Waals surface area (Å²) in [5.74, 6) is 3.05. The summed E-state index contributed by atoms with van der Waals surface area (Å²) in [5, 5.41) is 14.2. The Kier molecular flexibility index (Phi) is 5.87. The third kappa shape index (κ3) is 4.32. The molecule has 36 heavy (non-hydrogen) atoms. The van der Waals surface area contributed by atoms with Crippen LogP contribution in [-0.4, -0.2) is 22.3 Å². The van der Waals surface area contributed by atoms with Crippen molar-refractivity contribution in [3.05, 3.63) is 95.1 Å². The Balaban J connectivity index is 1.22. The largest absolute Gasteiger partial charge is 0.497 e. The summed E-state index contributed by atoms with van der Waals surface area (Å²) in [6, 6.07) is 23.2. The van der Waals surface area contributed by atoms with Crippen molar-refractivity contribution in [1.82, 2.24) is 15.2 Å². The summed E-state index contributed by atoms with van der Waals surface area (Å²) >= 11 is 6.06. The molecule has 6 rings (SSSR count). The van der Waals surface area contributed by atoms with Gasteiger partial charge in [0.05, 0.1) is 18.3 Å². The number of halogens is 1. The molecule has 0 aliphatic heterocycles. The van der Waals surface area contributed by atoms with Crippen LogP contribution in [-0.2, 0) is 12.8 Å². The molecule has 0 saturated carbocycles. The predicted molar refractivity (Wildman–Crippen MR) is 143 cm³/mol. The Morgan fingerprint density at radius 2 is 1.61 bits per heavy atom. The van der Waals surface area contributed by atoms with E-state index in [4.69, 9.17) is 21.1 Å². The lowest BCUT2D eigenvalue weighted by molar-refractivity contribution is 0.415. The maximum atomic E-state index is 6.17. The summed E-state index contributed by atoms with van der Waals surface area (Å²) in [4.78, 5) is 4.42. The number of ether oxygens (including phenoxy) is 2. The number of aromatic nitrogens is 3. The van der Waals surface area contributed by atoms with E-state index in [-0.39, 0.29) is 0 Å². The molecule has 3 aromatic carbocycles. The van der Waals surface area contributed by atoms with Gasteiger partial charge < -0.3 is 14.8 Å². The van der Waals surface area contributed by atoms with Gasteiger partial charge in [0, 0.05) is 39.5 Å². The van der Waals surface area contributed by atoms with Gasteiger partial charge in [-0.15, -0.1) is 10.2 Å². The number of nitrogens with zero attached hydrogens (tertiary/aromatic N) is 3. The molecule has 6 nitrogen and oxygen atoms in total. The highest BCUT2D eigenvalue weighted by Crippen LogP contribution is 2.36. The molecule has 1 N–H and O–H groups in total. The van der Waals surface area contributed by atoms with Crippen LogP contribution in [0.3, 0.4) is 0 Å². The first kappa shape index (κ1) is 22.3. The van der Waals surface area contributed by atoms with E-state index < -0.39 is 0 Å². The zero-order valence-corrected chi connectivity index (χ0v) is 20.4. The Morgan fingerprint density at radius 3 is 2.42 bits per heavy atom. The van der Waals surface area contributed by atoms with Gasteiger partial charge in [-0.25, -0.2) is 0 Å². The van der Waals surface area contributed by atoms with Gasteiger partial charge >= 0.3 is 0 Å². The molecule has 0 unspecified atom stereocenters. The molecule has 0 fully saturated rings. The Bertz CT molecular complexity index is 1550. The highest BCUT2D eigenvalue weighted by molar-refractivity contribution is 6.30. The molecule has 2 aromatic heterocycles. The number of anilines is 2. The SMILES string of the molecule is COc1ccc2c(Oc3ccc(Nc4nnc(-c5ccc(Cl)cc5)c5c4CCC5)cc3)ccnc2c1. The monoisotopic (exact) mass is 494 g/mol. The molecule has 0 saturated heterocycles. The number of benzene rings is 3. The number of nitrogens with one attached hydrogen (secondary N) is 1. The normalized spacial score (nSPS) is 12.4. The van der Waals surface area contributed by atoms with E-state index in [0.717, 1.165) is 70.2 Å². The second kappa shape index (κ2) is 9.47. The Labute approximate surface area is 213 Å². The summed E-state index contributed by atoms with van der Waals surface area (Å²) < 4.78 is 11.5. The fourth-order valence-corrected chi connectivity index (χ4v) is 4.74. The Morgan fingerprint density at radius 1 is 0.833 bits per heavy atom. The first-order chi connectivity index (χ1) is 17.7. The van der Waals surface area contributed by atoms with Gasteiger partial charge in [0.25, 0.3) is 0 Å². The average molecular weight is 495 g/mol. The molecule has 1 aliphatic carbocycles. The third-order valence-electron chi connectivity index (χ3n) is 6.41. The first-order valence-corrected chi connectivity index (χ1v) is 12.2.